The highest BCUT2D eigenvalue weighted by Crippen LogP contribution is 2.25. The van der Waals surface area contributed by atoms with E-state index in [4.69, 9.17) is 0 Å². The van der Waals surface area contributed by atoms with E-state index in [9.17, 15) is 8.42 Å². The van der Waals surface area contributed by atoms with Crippen LogP contribution in [0.2, 0.25) is 0 Å². The topological polar surface area (TPSA) is 45.5 Å². The van der Waals surface area contributed by atoms with Gasteiger partial charge in [0.05, 0.1) is 10.4 Å². The molecule has 0 radical (unpaired) electrons. The number of benzene rings is 2. The molecule has 5 nitrogen and oxygen atoms in total. The van der Waals surface area contributed by atoms with Crippen molar-refractivity contribution in [2.24, 2.45) is 0 Å². The fourth-order valence-electron chi connectivity index (χ4n) is 4.13. The molecule has 0 amide bonds. The smallest absolute Gasteiger partial charge is 0.268 e. The molecule has 0 unspecified atom stereocenters. The fraction of sp³-hybridized carbons (Fsp3) is 0.417. The quantitative estimate of drug-likeness (QED) is 0.595. The maximum Gasteiger partial charge on any atom is 0.268 e. The number of piperazine rings is 1. The lowest BCUT2D eigenvalue weighted by Gasteiger charge is -2.34. The van der Waals surface area contributed by atoms with Gasteiger partial charge in [0.25, 0.3) is 10.0 Å². The summed E-state index contributed by atoms with van der Waals surface area (Å²) in [4.78, 5) is 5.26. The van der Waals surface area contributed by atoms with E-state index < -0.39 is 10.0 Å². The van der Waals surface area contributed by atoms with Gasteiger partial charge in [-0.2, -0.15) is 0 Å². The largest absolute Gasteiger partial charge is 0.301 e. The van der Waals surface area contributed by atoms with Crippen LogP contribution in [0.5, 0.6) is 0 Å². The van der Waals surface area contributed by atoms with Gasteiger partial charge in [0.1, 0.15) is 0 Å². The van der Waals surface area contributed by atoms with Crippen LogP contribution in [0.1, 0.15) is 37.8 Å². The van der Waals surface area contributed by atoms with Gasteiger partial charge in [0, 0.05) is 44.3 Å². The van der Waals surface area contributed by atoms with Crippen LogP contribution < -0.4 is 0 Å². The zero-order chi connectivity index (χ0) is 21.3. The molecule has 6 heteroatoms. The van der Waals surface area contributed by atoms with E-state index in [1.165, 1.54) is 9.54 Å². The number of likely N-dealkylation sites (N-methyl/N-ethyl adjacent to an activating group) is 1. The molecule has 1 aliphatic rings. The molecule has 0 aliphatic carbocycles. The Morgan fingerprint density at radius 3 is 2.20 bits per heavy atom. The average molecular weight is 426 g/mol. The van der Waals surface area contributed by atoms with Gasteiger partial charge in [-0.15, -0.1) is 0 Å². The Balaban J connectivity index is 1.56. The summed E-state index contributed by atoms with van der Waals surface area (Å²) in [6.45, 7) is 12.8. The maximum atomic E-state index is 13.2. The Morgan fingerprint density at radius 2 is 1.57 bits per heavy atom. The molecule has 2 aromatic carbocycles. The predicted octanol–water partition coefficient (Wildman–Crippen LogP) is 4.14. The second-order valence-corrected chi connectivity index (χ2v) is 10.3. The third-order valence-corrected chi connectivity index (χ3v) is 7.84. The molecule has 0 spiro atoms. The summed E-state index contributed by atoms with van der Waals surface area (Å²) in [7, 11) is -3.61. The minimum absolute atomic E-state index is 0.322. The Bertz CT molecular complexity index is 1110. The van der Waals surface area contributed by atoms with Crippen LogP contribution in [-0.4, -0.2) is 54.9 Å². The molecule has 1 aliphatic heterocycles. The number of fused-ring (bicyclic) bond motifs is 1. The van der Waals surface area contributed by atoms with Crippen LogP contribution in [0, 0.1) is 0 Å². The molecule has 0 saturated carbocycles. The van der Waals surface area contributed by atoms with E-state index >= 15 is 0 Å². The number of hydrogen-bond acceptors (Lipinski definition) is 4. The normalized spacial score (nSPS) is 16.5. The number of rotatable bonds is 6. The highest BCUT2D eigenvalue weighted by Gasteiger charge is 2.20. The standard InChI is InChI=1S/C24H31N3O2S/c1-4-25-13-15-26(16-14-25)18-20-5-10-24-22(17-20)11-12-27(24)30(28,29)23-8-6-21(7-9-23)19(2)3/h5-12,17,19H,4,13-16,18H2,1-3H3. The molecule has 1 aromatic heterocycles. The highest BCUT2D eigenvalue weighted by atomic mass is 32.2. The Hall–Kier alpha value is -2.15. The monoisotopic (exact) mass is 425 g/mol. The van der Waals surface area contributed by atoms with Gasteiger partial charge >= 0.3 is 0 Å². The minimum atomic E-state index is -3.61. The Morgan fingerprint density at radius 1 is 0.900 bits per heavy atom. The van der Waals surface area contributed by atoms with Gasteiger partial charge in [-0.1, -0.05) is 39.0 Å². The SMILES string of the molecule is CCN1CCN(Cc2ccc3c(ccn3S(=O)(=O)c3ccc(C(C)C)cc3)c2)CC1. The zero-order valence-corrected chi connectivity index (χ0v) is 18.9. The first kappa shape index (κ1) is 21.1. The van der Waals surface area contributed by atoms with Crippen molar-refractivity contribution in [1.29, 1.82) is 0 Å². The van der Waals surface area contributed by atoms with Gasteiger partial charge in [-0.25, -0.2) is 12.4 Å². The first-order chi connectivity index (χ1) is 14.4. The van der Waals surface area contributed by atoms with E-state index in [1.54, 1.807) is 18.3 Å². The van der Waals surface area contributed by atoms with Crippen molar-refractivity contribution < 1.29 is 8.42 Å². The van der Waals surface area contributed by atoms with Crippen molar-refractivity contribution >= 4 is 20.9 Å². The lowest BCUT2D eigenvalue weighted by Crippen LogP contribution is -2.45. The number of nitrogens with zero attached hydrogens (tertiary/aromatic N) is 3. The first-order valence-electron chi connectivity index (χ1n) is 10.8. The van der Waals surface area contributed by atoms with Crippen LogP contribution in [0.3, 0.4) is 0 Å². The summed E-state index contributed by atoms with van der Waals surface area (Å²) in [6, 6.07) is 15.2. The number of aromatic nitrogens is 1. The predicted molar refractivity (Wildman–Crippen MR) is 122 cm³/mol. The van der Waals surface area contributed by atoms with Crippen molar-refractivity contribution in [3.63, 3.8) is 0 Å². The van der Waals surface area contributed by atoms with Crippen molar-refractivity contribution in [3.05, 3.63) is 65.9 Å². The average Bonchev–Trinajstić information content (AvgIpc) is 3.18. The Labute approximate surface area is 180 Å². The fourth-order valence-corrected chi connectivity index (χ4v) is 5.49. The summed E-state index contributed by atoms with van der Waals surface area (Å²) < 4.78 is 27.8. The van der Waals surface area contributed by atoms with Crippen molar-refractivity contribution in [3.8, 4) is 0 Å². The van der Waals surface area contributed by atoms with Crippen LogP contribution in [0.25, 0.3) is 10.9 Å². The van der Waals surface area contributed by atoms with Gasteiger partial charge in [0.15, 0.2) is 0 Å². The molecule has 2 heterocycles. The molecule has 4 rings (SSSR count). The van der Waals surface area contributed by atoms with Crippen LogP contribution in [0.15, 0.2) is 59.6 Å². The van der Waals surface area contributed by atoms with Gasteiger partial charge in [-0.05, 0) is 53.9 Å². The van der Waals surface area contributed by atoms with Gasteiger partial charge < -0.3 is 4.90 Å². The summed E-state index contributed by atoms with van der Waals surface area (Å²) >= 11 is 0. The summed E-state index contributed by atoms with van der Waals surface area (Å²) in [5, 5.41) is 0.960. The first-order valence-corrected chi connectivity index (χ1v) is 12.2. The molecule has 30 heavy (non-hydrogen) atoms. The maximum absolute atomic E-state index is 13.2. The summed E-state index contributed by atoms with van der Waals surface area (Å²) in [5.41, 5.74) is 3.09. The third kappa shape index (κ3) is 4.17. The molecule has 160 valence electrons. The zero-order valence-electron chi connectivity index (χ0n) is 18.1. The highest BCUT2D eigenvalue weighted by molar-refractivity contribution is 7.90. The molecular formula is C24H31N3O2S. The van der Waals surface area contributed by atoms with Gasteiger partial charge in [0.2, 0.25) is 0 Å². The lowest BCUT2D eigenvalue weighted by molar-refractivity contribution is 0.132. The lowest BCUT2D eigenvalue weighted by atomic mass is 10.0. The summed E-state index contributed by atoms with van der Waals surface area (Å²) in [5.74, 6) is 0.373. The second kappa shape index (κ2) is 8.53. The van der Waals surface area contributed by atoms with E-state index in [2.05, 4.69) is 42.7 Å². The minimum Gasteiger partial charge on any atom is -0.301 e. The molecular weight excluding hydrogens is 394 g/mol. The Kier molecular flexibility index (Phi) is 6.00. The van der Waals surface area contributed by atoms with Crippen LogP contribution in [-0.2, 0) is 16.6 Å². The van der Waals surface area contributed by atoms with Gasteiger partial charge in [-0.3, -0.25) is 4.90 Å². The molecule has 1 saturated heterocycles. The molecule has 0 atom stereocenters. The van der Waals surface area contributed by atoms with E-state index in [-0.39, 0.29) is 0 Å². The molecule has 1 fully saturated rings. The third-order valence-electron chi connectivity index (χ3n) is 6.14. The van der Waals surface area contributed by atoms with Crippen LogP contribution in [0.4, 0.5) is 0 Å². The van der Waals surface area contributed by atoms with Crippen molar-refractivity contribution in [2.45, 2.75) is 38.1 Å². The van der Waals surface area contributed by atoms with E-state index in [0.29, 0.717) is 10.8 Å². The van der Waals surface area contributed by atoms with E-state index in [1.807, 2.05) is 24.3 Å². The molecule has 0 N–H and O–H groups in total. The number of hydrogen-bond donors (Lipinski definition) is 0. The second-order valence-electron chi connectivity index (χ2n) is 8.44. The van der Waals surface area contributed by atoms with Crippen LogP contribution >= 0.6 is 0 Å². The van der Waals surface area contributed by atoms with Crippen molar-refractivity contribution in [1.82, 2.24) is 13.8 Å². The molecule has 0 bridgehead atoms. The van der Waals surface area contributed by atoms with Crippen molar-refractivity contribution in [2.75, 3.05) is 32.7 Å². The summed E-state index contributed by atoms with van der Waals surface area (Å²) in [6.07, 6.45) is 1.67. The van der Waals surface area contributed by atoms with E-state index in [0.717, 1.165) is 55.7 Å². The molecule has 3 aromatic rings.